The lowest BCUT2D eigenvalue weighted by molar-refractivity contribution is -0.0665. The van der Waals surface area contributed by atoms with Gasteiger partial charge < -0.3 is 14.8 Å². The molecule has 1 aromatic heterocycles. The van der Waals surface area contributed by atoms with Crippen LogP contribution in [0.3, 0.4) is 0 Å². The van der Waals surface area contributed by atoms with Gasteiger partial charge in [-0.1, -0.05) is 6.58 Å². The van der Waals surface area contributed by atoms with Crippen LogP contribution in [-0.2, 0) is 4.74 Å². The number of rotatable bonds is 7. The third-order valence-corrected chi connectivity index (χ3v) is 6.36. The molecule has 172 valence electrons. The summed E-state index contributed by atoms with van der Waals surface area (Å²) < 4.78 is 11.3. The van der Waals surface area contributed by atoms with Crippen molar-refractivity contribution >= 4 is 23.6 Å². The van der Waals surface area contributed by atoms with E-state index in [2.05, 4.69) is 27.9 Å². The highest BCUT2D eigenvalue weighted by Gasteiger charge is 2.69. The Bertz CT molecular complexity index is 1290. The Balaban J connectivity index is 1.76. The number of methoxy groups -OCH3 is 1. The fraction of sp³-hybridized carbons (Fsp3) is 0.346. The van der Waals surface area contributed by atoms with Gasteiger partial charge in [-0.3, -0.25) is 0 Å². The van der Waals surface area contributed by atoms with Crippen LogP contribution in [0.1, 0.15) is 58.9 Å². The number of ether oxygens (including phenoxy) is 2. The van der Waals surface area contributed by atoms with Crippen molar-refractivity contribution in [3.63, 3.8) is 0 Å². The van der Waals surface area contributed by atoms with Crippen LogP contribution in [0, 0.1) is 41.9 Å². The summed E-state index contributed by atoms with van der Waals surface area (Å²) in [7, 11) is 1.29. The van der Waals surface area contributed by atoms with Crippen molar-refractivity contribution in [2.24, 2.45) is 5.41 Å². The zero-order chi connectivity index (χ0) is 24.7. The quantitative estimate of drug-likeness (QED) is 0.452. The molecule has 0 atom stereocenters. The van der Waals surface area contributed by atoms with E-state index in [0.717, 1.165) is 36.0 Å². The Labute approximate surface area is 198 Å². The molecule has 0 saturated heterocycles. The number of esters is 1. The highest BCUT2D eigenvalue weighted by Crippen LogP contribution is 2.67. The topological polar surface area (TPSA) is 121 Å². The van der Waals surface area contributed by atoms with Crippen LogP contribution in [0.15, 0.2) is 24.8 Å². The van der Waals surface area contributed by atoms with Gasteiger partial charge in [0.1, 0.15) is 5.75 Å². The zero-order valence-electron chi connectivity index (χ0n) is 19.7. The van der Waals surface area contributed by atoms with Crippen molar-refractivity contribution in [1.29, 1.82) is 10.5 Å². The van der Waals surface area contributed by atoms with Crippen LogP contribution >= 0.6 is 0 Å². The SMILES string of the molecule is C=C(C)c1c(Oc2c(C)cc(/C=C/C#N)cc2C)nc(NC23CC(C#N)(C2)C3)nc1C(=O)OC. The van der Waals surface area contributed by atoms with E-state index in [0.29, 0.717) is 16.9 Å². The number of allylic oxidation sites excluding steroid dienone is 2. The predicted molar refractivity (Wildman–Crippen MR) is 127 cm³/mol. The lowest BCUT2D eigenvalue weighted by Crippen LogP contribution is -2.70. The molecule has 8 heteroatoms. The second-order valence-electron chi connectivity index (χ2n) is 9.22. The minimum Gasteiger partial charge on any atom is -0.464 e. The summed E-state index contributed by atoms with van der Waals surface area (Å²) in [4.78, 5) is 21.7. The molecule has 1 N–H and O–H groups in total. The van der Waals surface area contributed by atoms with E-state index in [-0.39, 0.29) is 28.5 Å². The number of anilines is 1. The Morgan fingerprint density at radius 2 is 1.85 bits per heavy atom. The van der Waals surface area contributed by atoms with Gasteiger partial charge in [-0.15, -0.1) is 0 Å². The van der Waals surface area contributed by atoms with Crippen molar-refractivity contribution < 1.29 is 14.3 Å². The van der Waals surface area contributed by atoms with E-state index in [9.17, 15) is 10.1 Å². The normalized spacial score (nSPS) is 22.1. The van der Waals surface area contributed by atoms with Crippen molar-refractivity contribution in [2.45, 2.75) is 45.6 Å². The first-order chi connectivity index (χ1) is 16.1. The molecule has 1 aromatic carbocycles. The predicted octanol–water partition coefficient (Wildman–Crippen LogP) is 5.10. The maximum Gasteiger partial charge on any atom is 0.357 e. The van der Waals surface area contributed by atoms with Crippen LogP contribution in [-0.4, -0.2) is 28.6 Å². The summed E-state index contributed by atoms with van der Waals surface area (Å²) in [5.74, 6) is 0.407. The molecule has 0 unspecified atom stereocenters. The molecule has 3 saturated carbocycles. The molecular weight excluding hydrogens is 430 g/mol. The summed E-state index contributed by atoms with van der Waals surface area (Å²) in [6, 6.07) is 8.17. The number of hydrogen-bond donors (Lipinski definition) is 1. The van der Waals surface area contributed by atoms with E-state index in [1.54, 1.807) is 13.0 Å². The summed E-state index contributed by atoms with van der Waals surface area (Å²) in [5, 5.41) is 21.4. The average molecular weight is 456 g/mol. The number of hydrogen-bond acceptors (Lipinski definition) is 8. The minimum atomic E-state index is -0.621. The second-order valence-corrected chi connectivity index (χ2v) is 9.22. The molecule has 2 aromatic rings. The molecule has 3 aliphatic carbocycles. The van der Waals surface area contributed by atoms with Crippen molar-refractivity contribution in [1.82, 2.24) is 9.97 Å². The largest absolute Gasteiger partial charge is 0.464 e. The second kappa shape index (κ2) is 8.31. The fourth-order valence-electron chi connectivity index (χ4n) is 4.95. The van der Waals surface area contributed by atoms with Gasteiger partial charge >= 0.3 is 5.97 Å². The summed E-state index contributed by atoms with van der Waals surface area (Å²) in [5.41, 5.74) is 3.07. The molecule has 0 aliphatic heterocycles. The number of aromatic nitrogens is 2. The number of nitriles is 2. The van der Waals surface area contributed by atoms with E-state index >= 15 is 0 Å². The molecule has 0 amide bonds. The van der Waals surface area contributed by atoms with Gasteiger partial charge in [-0.25, -0.2) is 9.78 Å². The van der Waals surface area contributed by atoms with Crippen LogP contribution in [0.25, 0.3) is 11.6 Å². The van der Waals surface area contributed by atoms with Gasteiger partial charge in [-0.05, 0) is 80.5 Å². The van der Waals surface area contributed by atoms with Gasteiger partial charge in [0.25, 0.3) is 0 Å². The summed E-state index contributed by atoms with van der Waals surface area (Å²) in [6.07, 6.45) is 5.31. The van der Waals surface area contributed by atoms with Gasteiger partial charge in [0, 0.05) is 11.6 Å². The smallest absolute Gasteiger partial charge is 0.357 e. The Hall–Kier alpha value is -4.17. The molecule has 0 radical (unpaired) electrons. The average Bonchev–Trinajstić information content (AvgIpc) is 2.74. The van der Waals surface area contributed by atoms with Crippen LogP contribution < -0.4 is 10.1 Å². The lowest BCUT2D eigenvalue weighted by Gasteiger charge is -2.66. The molecule has 5 rings (SSSR count). The molecule has 3 fully saturated rings. The third-order valence-electron chi connectivity index (χ3n) is 6.36. The van der Waals surface area contributed by atoms with Gasteiger partial charge in [0.2, 0.25) is 11.8 Å². The zero-order valence-corrected chi connectivity index (χ0v) is 19.7. The maximum atomic E-state index is 12.6. The number of nitrogens with one attached hydrogen (secondary N) is 1. The number of benzene rings is 1. The van der Waals surface area contributed by atoms with Crippen molar-refractivity contribution in [3.8, 4) is 23.8 Å². The van der Waals surface area contributed by atoms with E-state index in [4.69, 9.17) is 14.7 Å². The first kappa shape index (κ1) is 23.0. The first-order valence-electron chi connectivity index (χ1n) is 10.9. The standard InChI is InChI=1S/C26H25N5O3/c1-15(2)19-20(23(32)33-5)29-24(31-26-11-25(12-26,13-26)14-28)30-22(19)34-21-16(3)9-18(7-6-8-27)10-17(21)4/h6-7,9-10H,1,11-13H2,2-5H3,(H,29,30,31)/b7-6+. The van der Waals surface area contributed by atoms with Crippen LogP contribution in [0.5, 0.6) is 11.6 Å². The maximum absolute atomic E-state index is 12.6. The van der Waals surface area contributed by atoms with Crippen LogP contribution in [0.2, 0.25) is 0 Å². The monoisotopic (exact) mass is 455 g/mol. The number of aryl methyl sites for hydroxylation is 2. The van der Waals surface area contributed by atoms with E-state index in [1.165, 1.54) is 13.2 Å². The fourth-order valence-corrected chi connectivity index (χ4v) is 4.95. The van der Waals surface area contributed by atoms with E-state index in [1.807, 2.05) is 32.0 Å². The molecule has 1 heterocycles. The minimum absolute atomic E-state index is 0.0629. The Morgan fingerprint density at radius 1 is 1.21 bits per heavy atom. The number of carbonyl (C=O) groups is 1. The molecule has 0 spiro atoms. The number of nitrogens with zero attached hydrogens (tertiary/aromatic N) is 4. The van der Waals surface area contributed by atoms with Gasteiger partial charge in [-0.2, -0.15) is 15.5 Å². The highest BCUT2D eigenvalue weighted by molar-refractivity contribution is 5.94. The lowest BCUT2D eigenvalue weighted by atomic mass is 9.40. The van der Waals surface area contributed by atoms with Gasteiger partial charge in [0.15, 0.2) is 5.69 Å². The Morgan fingerprint density at radius 3 is 2.38 bits per heavy atom. The first-order valence-corrected chi connectivity index (χ1v) is 10.9. The van der Waals surface area contributed by atoms with E-state index < -0.39 is 5.97 Å². The molecule has 3 aliphatic rings. The summed E-state index contributed by atoms with van der Waals surface area (Å²) >= 11 is 0. The van der Waals surface area contributed by atoms with Crippen molar-refractivity contribution in [3.05, 3.63) is 52.7 Å². The molecule has 34 heavy (non-hydrogen) atoms. The summed E-state index contributed by atoms with van der Waals surface area (Å²) in [6.45, 7) is 9.54. The molecular formula is C26H25N5O3. The molecule has 2 bridgehead atoms. The van der Waals surface area contributed by atoms with Crippen LogP contribution in [0.4, 0.5) is 5.95 Å². The van der Waals surface area contributed by atoms with Crippen molar-refractivity contribution in [2.75, 3.05) is 12.4 Å². The third kappa shape index (κ3) is 3.88. The number of carbonyl (C=O) groups excluding carboxylic acids is 1. The highest BCUT2D eigenvalue weighted by atomic mass is 16.5. The molecule has 8 nitrogen and oxygen atoms in total. The Kier molecular flexibility index (Phi) is 5.62. The van der Waals surface area contributed by atoms with Gasteiger partial charge in [0.05, 0.1) is 30.2 Å².